The van der Waals surface area contributed by atoms with Gasteiger partial charge in [0.15, 0.2) is 0 Å². The largest absolute Gasteiger partial charge is 0.444 e. The zero-order chi connectivity index (χ0) is 27.3. The second-order valence-corrected chi connectivity index (χ2v) is 12.0. The second-order valence-electron chi connectivity index (χ2n) is 11.1. The zero-order valence-corrected chi connectivity index (χ0v) is 23.9. The normalized spacial score (nSPS) is 19.2. The molecule has 2 aromatic rings. The molecule has 4 rings (SSSR count). The van der Waals surface area contributed by atoms with E-state index >= 15 is 0 Å². The minimum absolute atomic E-state index is 0.0879. The Hall–Kier alpha value is -3.07. The first kappa shape index (κ1) is 27.0. The molecule has 2 aliphatic heterocycles. The zero-order valence-electron chi connectivity index (χ0n) is 22.3. The molecule has 2 heterocycles. The van der Waals surface area contributed by atoms with E-state index in [2.05, 4.69) is 27.8 Å². The van der Waals surface area contributed by atoms with Crippen molar-refractivity contribution < 1.29 is 19.1 Å². The number of carbonyl (C=O) groups excluding carboxylic acids is 3. The van der Waals surface area contributed by atoms with Crippen molar-refractivity contribution in [1.82, 2.24) is 4.90 Å². The summed E-state index contributed by atoms with van der Waals surface area (Å²) in [6.07, 6.45) is 0.536. The Morgan fingerprint density at radius 1 is 1.14 bits per heavy atom. The number of primary amides is 1. The highest BCUT2D eigenvalue weighted by Crippen LogP contribution is 2.48. The number of fused-ring (bicyclic) bond motifs is 1. The molecule has 37 heavy (non-hydrogen) atoms. The Labute approximate surface area is 226 Å². The van der Waals surface area contributed by atoms with Crippen LogP contribution in [0.3, 0.4) is 0 Å². The Bertz CT molecular complexity index is 1250. The van der Waals surface area contributed by atoms with Gasteiger partial charge in [0, 0.05) is 35.8 Å². The van der Waals surface area contributed by atoms with Gasteiger partial charge in [0.1, 0.15) is 5.60 Å². The molecule has 0 radical (unpaired) electrons. The van der Waals surface area contributed by atoms with Gasteiger partial charge in [-0.25, -0.2) is 4.79 Å². The van der Waals surface area contributed by atoms with Gasteiger partial charge in [-0.3, -0.25) is 14.5 Å². The van der Waals surface area contributed by atoms with Crippen molar-refractivity contribution in [2.24, 2.45) is 5.73 Å². The minimum atomic E-state index is -0.773. The molecular formula is C28H35BrN4O4. The Morgan fingerprint density at radius 3 is 2.46 bits per heavy atom. The quantitative estimate of drug-likeness (QED) is 0.535. The molecule has 1 fully saturated rings. The van der Waals surface area contributed by atoms with E-state index in [0.29, 0.717) is 29.8 Å². The van der Waals surface area contributed by atoms with Crippen molar-refractivity contribution in [1.29, 1.82) is 0 Å². The van der Waals surface area contributed by atoms with Crippen LogP contribution in [0.4, 0.5) is 21.9 Å². The van der Waals surface area contributed by atoms with Crippen molar-refractivity contribution in [3.8, 4) is 0 Å². The number of nitrogens with zero attached hydrogens (tertiary/aromatic N) is 3. The number of nitrogens with two attached hydrogens (primary N) is 1. The van der Waals surface area contributed by atoms with Crippen LogP contribution < -0.4 is 15.5 Å². The van der Waals surface area contributed by atoms with Crippen molar-refractivity contribution in [3.05, 3.63) is 52.0 Å². The summed E-state index contributed by atoms with van der Waals surface area (Å²) in [5, 5.41) is 0. The van der Waals surface area contributed by atoms with Crippen molar-refractivity contribution in [2.45, 2.75) is 65.0 Å². The molecule has 0 spiro atoms. The maximum absolute atomic E-state index is 13.7. The van der Waals surface area contributed by atoms with Crippen LogP contribution in [-0.4, -0.2) is 54.1 Å². The number of ether oxygens (including phenoxy) is 1. The SMILES string of the molecule is CC[C@@H]1CN(C(=O)OC(C)(C)C)CCN1c1ccc2c(c1)N(c1cccc(Br)c1C(N)=O)C(=O)C2(C)C. The van der Waals surface area contributed by atoms with Crippen LogP contribution in [-0.2, 0) is 14.9 Å². The Kier molecular flexibility index (Phi) is 7.05. The molecule has 3 amide bonds. The number of piperazine rings is 1. The van der Waals surface area contributed by atoms with Crippen molar-refractivity contribution in [3.63, 3.8) is 0 Å². The molecule has 1 atom stereocenters. The van der Waals surface area contributed by atoms with Crippen LogP contribution in [0, 0.1) is 0 Å². The molecular weight excluding hydrogens is 536 g/mol. The highest BCUT2D eigenvalue weighted by molar-refractivity contribution is 9.10. The number of amides is 3. The molecule has 2 N–H and O–H groups in total. The molecule has 0 aliphatic carbocycles. The van der Waals surface area contributed by atoms with Crippen LogP contribution in [0.25, 0.3) is 0 Å². The molecule has 0 aromatic heterocycles. The molecule has 0 bridgehead atoms. The third-order valence-electron chi connectivity index (χ3n) is 7.05. The van der Waals surface area contributed by atoms with Gasteiger partial charge in [0.25, 0.3) is 5.91 Å². The number of hydrogen-bond acceptors (Lipinski definition) is 5. The number of anilines is 3. The van der Waals surface area contributed by atoms with E-state index in [4.69, 9.17) is 10.5 Å². The average molecular weight is 572 g/mol. The molecule has 0 unspecified atom stereocenters. The average Bonchev–Trinajstić information content (AvgIpc) is 3.01. The molecule has 198 valence electrons. The van der Waals surface area contributed by atoms with Crippen molar-refractivity contribution in [2.75, 3.05) is 29.4 Å². The standard InChI is InChI=1S/C28H35BrN4O4/c1-7-17-16-31(26(36)37-27(2,3)4)13-14-32(17)18-11-12-19-22(15-18)33(25(35)28(19,5)6)21-10-8-9-20(29)23(21)24(30)34/h8-12,15,17H,7,13-14,16H2,1-6H3,(H2,30,34)/t17-/m1/s1. The van der Waals surface area contributed by atoms with Gasteiger partial charge in [0.2, 0.25) is 5.91 Å². The summed E-state index contributed by atoms with van der Waals surface area (Å²) in [7, 11) is 0. The first-order valence-electron chi connectivity index (χ1n) is 12.6. The first-order valence-corrected chi connectivity index (χ1v) is 13.4. The van der Waals surface area contributed by atoms with Gasteiger partial charge in [0.05, 0.1) is 22.4 Å². The van der Waals surface area contributed by atoms with Gasteiger partial charge >= 0.3 is 6.09 Å². The second kappa shape index (κ2) is 9.67. The number of rotatable bonds is 4. The van der Waals surface area contributed by atoms with Crippen molar-refractivity contribution >= 4 is 50.9 Å². The first-order chi connectivity index (χ1) is 17.3. The lowest BCUT2D eigenvalue weighted by atomic mass is 9.86. The number of hydrogen-bond donors (Lipinski definition) is 1. The Balaban J connectivity index is 1.71. The topological polar surface area (TPSA) is 96.2 Å². The fourth-order valence-electron chi connectivity index (χ4n) is 5.14. The predicted octanol–water partition coefficient (Wildman–Crippen LogP) is 5.34. The molecule has 8 nitrogen and oxygen atoms in total. The number of benzene rings is 2. The summed E-state index contributed by atoms with van der Waals surface area (Å²) in [5.74, 6) is -0.732. The summed E-state index contributed by atoms with van der Waals surface area (Å²) in [6, 6.07) is 11.4. The third kappa shape index (κ3) is 4.93. The van der Waals surface area contributed by atoms with E-state index in [-0.39, 0.29) is 23.6 Å². The highest BCUT2D eigenvalue weighted by atomic mass is 79.9. The van der Waals surface area contributed by atoms with Crippen LogP contribution in [0.1, 0.15) is 63.9 Å². The van der Waals surface area contributed by atoms with Crippen LogP contribution in [0.5, 0.6) is 0 Å². The van der Waals surface area contributed by atoms with Crippen LogP contribution in [0.15, 0.2) is 40.9 Å². The maximum atomic E-state index is 13.7. The molecule has 9 heteroatoms. The molecule has 0 saturated carbocycles. The summed E-state index contributed by atoms with van der Waals surface area (Å²) < 4.78 is 6.13. The summed E-state index contributed by atoms with van der Waals surface area (Å²) in [5.41, 5.74) is 7.70. The van der Waals surface area contributed by atoms with Gasteiger partial charge in [-0.1, -0.05) is 19.1 Å². The van der Waals surface area contributed by atoms with Gasteiger partial charge < -0.3 is 20.3 Å². The van der Waals surface area contributed by atoms with Crippen LogP contribution in [0.2, 0.25) is 0 Å². The molecule has 1 saturated heterocycles. The van der Waals surface area contributed by atoms with Gasteiger partial charge in [-0.2, -0.15) is 0 Å². The highest BCUT2D eigenvalue weighted by Gasteiger charge is 2.46. The smallest absolute Gasteiger partial charge is 0.410 e. The monoisotopic (exact) mass is 570 g/mol. The fourth-order valence-corrected chi connectivity index (χ4v) is 5.69. The number of halogens is 1. The lowest BCUT2D eigenvalue weighted by molar-refractivity contribution is -0.121. The fraction of sp³-hybridized carbons (Fsp3) is 0.464. The Morgan fingerprint density at radius 2 is 1.84 bits per heavy atom. The van der Waals surface area contributed by atoms with E-state index < -0.39 is 16.9 Å². The van der Waals surface area contributed by atoms with Gasteiger partial charge in [-0.05, 0) is 86.8 Å². The lowest BCUT2D eigenvalue weighted by Gasteiger charge is -2.43. The summed E-state index contributed by atoms with van der Waals surface area (Å²) >= 11 is 3.42. The number of carbonyl (C=O) groups is 3. The molecule has 2 aromatic carbocycles. The summed E-state index contributed by atoms with van der Waals surface area (Å²) in [6.45, 7) is 13.2. The molecule has 2 aliphatic rings. The van der Waals surface area contributed by atoms with E-state index in [1.165, 1.54) is 0 Å². The third-order valence-corrected chi connectivity index (χ3v) is 7.71. The van der Waals surface area contributed by atoms with Gasteiger partial charge in [-0.15, -0.1) is 0 Å². The maximum Gasteiger partial charge on any atom is 0.410 e. The lowest BCUT2D eigenvalue weighted by Crippen LogP contribution is -2.55. The van der Waals surface area contributed by atoms with E-state index in [0.717, 1.165) is 23.4 Å². The predicted molar refractivity (Wildman–Crippen MR) is 149 cm³/mol. The van der Waals surface area contributed by atoms with Crippen LogP contribution >= 0.6 is 15.9 Å². The van der Waals surface area contributed by atoms with E-state index in [1.54, 1.807) is 28.0 Å². The summed E-state index contributed by atoms with van der Waals surface area (Å²) in [4.78, 5) is 44.4. The minimum Gasteiger partial charge on any atom is -0.444 e. The van der Waals surface area contributed by atoms with E-state index in [9.17, 15) is 14.4 Å². The van der Waals surface area contributed by atoms with E-state index in [1.807, 2.05) is 52.8 Å².